The predicted octanol–water partition coefficient (Wildman–Crippen LogP) is 3.88. The Morgan fingerprint density at radius 1 is 1.14 bits per heavy atom. The van der Waals surface area contributed by atoms with E-state index < -0.39 is 0 Å². The maximum Gasteiger partial charge on any atom is 0.226 e. The third-order valence-electron chi connectivity index (χ3n) is 3.38. The summed E-state index contributed by atoms with van der Waals surface area (Å²) in [6, 6.07) is 12.0. The van der Waals surface area contributed by atoms with Crippen molar-refractivity contribution in [2.24, 2.45) is 0 Å². The largest absolute Gasteiger partial charge is 0.384 e. The summed E-state index contributed by atoms with van der Waals surface area (Å²) < 4.78 is 13.0. The van der Waals surface area contributed by atoms with Crippen LogP contribution in [0.5, 0.6) is 0 Å². The van der Waals surface area contributed by atoms with Crippen LogP contribution in [0.15, 0.2) is 42.5 Å². The molecule has 2 N–H and O–H groups in total. The third kappa shape index (κ3) is 4.31. The quantitative estimate of drug-likeness (QED) is 0.875. The number of carbonyl (C=O) groups excluding carboxylic acids is 1. The lowest BCUT2D eigenvalue weighted by Gasteiger charge is -2.11. The van der Waals surface area contributed by atoms with Crippen LogP contribution < -0.4 is 10.6 Å². The van der Waals surface area contributed by atoms with Crippen LogP contribution in [0.3, 0.4) is 0 Å². The van der Waals surface area contributed by atoms with Gasteiger partial charge in [0.05, 0.1) is 0 Å². The Labute approximate surface area is 124 Å². The Morgan fingerprint density at radius 2 is 1.90 bits per heavy atom. The van der Waals surface area contributed by atoms with E-state index in [0.29, 0.717) is 18.7 Å². The first-order chi connectivity index (χ1) is 10.1. The van der Waals surface area contributed by atoms with E-state index in [2.05, 4.69) is 10.6 Å². The standard InChI is InChI=1S/C17H19FN2O/c1-12-5-3-8-16(13(12)2)20-17(21)9-10-19-15-7-4-6-14(18)11-15/h3-8,11,19H,9-10H2,1-2H3,(H,20,21). The second-order valence-electron chi connectivity index (χ2n) is 4.98. The Kier molecular flexibility index (Phi) is 4.93. The van der Waals surface area contributed by atoms with Crippen molar-refractivity contribution >= 4 is 17.3 Å². The molecule has 1 amide bonds. The van der Waals surface area contributed by atoms with Crippen molar-refractivity contribution in [3.8, 4) is 0 Å². The molecule has 0 aliphatic rings. The van der Waals surface area contributed by atoms with Crippen molar-refractivity contribution in [1.29, 1.82) is 0 Å². The summed E-state index contributed by atoms with van der Waals surface area (Å²) in [5.74, 6) is -0.354. The number of carbonyl (C=O) groups is 1. The molecule has 0 aliphatic carbocycles. The number of nitrogens with one attached hydrogen (secondary N) is 2. The Bertz CT molecular complexity index is 640. The van der Waals surface area contributed by atoms with Gasteiger partial charge in [0.1, 0.15) is 5.82 Å². The van der Waals surface area contributed by atoms with Gasteiger partial charge >= 0.3 is 0 Å². The zero-order valence-corrected chi connectivity index (χ0v) is 12.2. The van der Waals surface area contributed by atoms with Crippen LogP contribution >= 0.6 is 0 Å². The van der Waals surface area contributed by atoms with Crippen LogP contribution in [-0.2, 0) is 4.79 Å². The van der Waals surface area contributed by atoms with Gasteiger partial charge in [-0.1, -0.05) is 18.2 Å². The van der Waals surface area contributed by atoms with Crippen LogP contribution in [0, 0.1) is 19.7 Å². The minimum atomic E-state index is -0.292. The summed E-state index contributed by atoms with van der Waals surface area (Å²) in [5, 5.41) is 5.92. The highest BCUT2D eigenvalue weighted by Crippen LogP contribution is 2.18. The average molecular weight is 286 g/mol. The van der Waals surface area contributed by atoms with Crippen molar-refractivity contribution < 1.29 is 9.18 Å². The fourth-order valence-corrected chi connectivity index (χ4v) is 2.02. The van der Waals surface area contributed by atoms with Gasteiger partial charge in [0.2, 0.25) is 5.91 Å². The lowest BCUT2D eigenvalue weighted by Crippen LogP contribution is -2.17. The molecule has 0 aromatic heterocycles. The smallest absolute Gasteiger partial charge is 0.226 e. The Balaban J connectivity index is 1.84. The highest BCUT2D eigenvalue weighted by atomic mass is 19.1. The number of hydrogen-bond acceptors (Lipinski definition) is 2. The molecular formula is C17H19FN2O. The normalized spacial score (nSPS) is 10.2. The second-order valence-corrected chi connectivity index (χ2v) is 4.98. The molecule has 0 aliphatic heterocycles. The lowest BCUT2D eigenvalue weighted by molar-refractivity contribution is -0.115. The molecule has 0 saturated carbocycles. The maximum absolute atomic E-state index is 13.0. The van der Waals surface area contributed by atoms with Gasteiger partial charge in [-0.3, -0.25) is 4.79 Å². The first-order valence-electron chi connectivity index (χ1n) is 6.92. The first kappa shape index (κ1) is 15.0. The van der Waals surface area contributed by atoms with E-state index in [1.165, 1.54) is 12.1 Å². The highest BCUT2D eigenvalue weighted by molar-refractivity contribution is 5.91. The zero-order valence-electron chi connectivity index (χ0n) is 12.2. The highest BCUT2D eigenvalue weighted by Gasteiger charge is 2.05. The second kappa shape index (κ2) is 6.88. The zero-order chi connectivity index (χ0) is 15.2. The van der Waals surface area contributed by atoms with E-state index in [1.54, 1.807) is 12.1 Å². The summed E-state index contributed by atoms with van der Waals surface area (Å²) >= 11 is 0. The molecule has 0 fully saturated rings. The summed E-state index contributed by atoms with van der Waals surface area (Å²) in [6.07, 6.45) is 0.323. The van der Waals surface area contributed by atoms with Gasteiger partial charge in [0.25, 0.3) is 0 Å². The van der Waals surface area contributed by atoms with Gasteiger partial charge in [0, 0.05) is 24.3 Å². The van der Waals surface area contributed by atoms with Gasteiger partial charge in [-0.05, 0) is 49.2 Å². The molecule has 0 saturated heterocycles. The summed E-state index contributed by atoms with van der Waals surface area (Å²) in [4.78, 5) is 11.9. The van der Waals surface area contributed by atoms with E-state index in [0.717, 1.165) is 16.8 Å². The Hall–Kier alpha value is -2.36. The fourth-order valence-electron chi connectivity index (χ4n) is 2.02. The van der Waals surface area contributed by atoms with Crippen LogP contribution in [-0.4, -0.2) is 12.5 Å². The maximum atomic E-state index is 13.0. The van der Waals surface area contributed by atoms with E-state index >= 15 is 0 Å². The van der Waals surface area contributed by atoms with Crippen LogP contribution in [0.1, 0.15) is 17.5 Å². The monoisotopic (exact) mass is 286 g/mol. The van der Waals surface area contributed by atoms with Crippen molar-refractivity contribution in [2.45, 2.75) is 20.3 Å². The lowest BCUT2D eigenvalue weighted by atomic mass is 10.1. The third-order valence-corrected chi connectivity index (χ3v) is 3.38. The van der Waals surface area contributed by atoms with E-state index in [1.807, 2.05) is 32.0 Å². The molecule has 2 aromatic rings. The molecule has 21 heavy (non-hydrogen) atoms. The van der Waals surface area contributed by atoms with E-state index in [4.69, 9.17) is 0 Å². The number of benzene rings is 2. The van der Waals surface area contributed by atoms with Crippen LogP contribution in [0.25, 0.3) is 0 Å². The minimum Gasteiger partial charge on any atom is -0.384 e. The van der Waals surface area contributed by atoms with Gasteiger partial charge < -0.3 is 10.6 Å². The SMILES string of the molecule is Cc1cccc(NC(=O)CCNc2cccc(F)c2)c1C. The van der Waals surface area contributed by atoms with Gasteiger partial charge in [-0.25, -0.2) is 4.39 Å². The molecule has 4 heteroatoms. The molecule has 0 atom stereocenters. The van der Waals surface area contributed by atoms with E-state index in [9.17, 15) is 9.18 Å². The van der Waals surface area contributed by atoms with Crippen molar-refractivity contribution in [1.82, 2.24) is 0 Å². The van der Waals surface area contributed by atoms with Gasteiger partial charge in [-0.2, -0.15) is 0 Å². The predicted molar refractivity (Wildman–Crippen MR) is 84.1 cm³/mol. The van der Waals surface area contributed by atoms with Crippen LogP contribution in [0.2, 0.25) is 0 Å². The van der Waals surface area contributed by atoms with Crippen molar-refractivity contribution in [2.75, 3.05) is 17.2 Å². The Morgan fingerprint density at radius 3 is 2.67 bits per heavy atom. The summed E-state index contributed by atoms with van der Waals surface area (Å²) in [7, 11) is 0. The molecule has 2 aromatic carbocycles. The molecule has 0 spiro atoms. The van der Waals surface area contributed by atoms with Crippen molar-refractivity contribution in [3.05, 3.63) is 59.4 Å². The molecular weight excluding hydrogens is 267 g/mol. The fraction of sp³-hybridized carbons (Fsp3) is 0.235. The first-order valence-corrected chi connectivity index (χ1v) is 6.92. The molecule has 2 rings (SSSR count). The molecule has 0 unspecified atom stereocenters. The molecule has 0 heterocycles. The molecule has 0 bridgehead atoms. The van der Waals surface area contributed by atoms with Gasteiger partial charge in [0.15, 0.2) is 0 Å². The van der Waals surface area contributed by atoms with E-state index in [-0.39, 0.29) is 11.7 Å². The molecule has 0 radical (unpaired) electrons. The molecule has 3 nitrogen and oxygen atoms in total. The van der Waals surface area contributed by atoms with Crippen LogP contribution in [0.4, 0.5) is 15.8 Å². The average Bonchev–Trinajstić information content (AvgIpc) is 2.44. The summed E-state index contributed by atoms with van der Waals surface area (Å²) in [6.45, 7) is 4.45. The number of anilines is 2. The number of aryl methyl sites for hydroxylation is 1. The van der Waals surface area contributed by atoms with Gasteiger partial charge in [-0.15, -0.1) is 0 Å². The number of rotatable bonds is 5. The topological polar surface area (TPSA) is 41.1 Å². The minimum absolute atomic E-state index is 0.0624. The number of hydrogen-bond donors (Lipinski definition) is 2. The van der Waals surface area contributed by atoms with Crippen molar-refractivity contribution in [3.63, 3.8) is 0 Å². The molecule has 110 valence electrons. The number of amides is 1. The number of halogens is 1. The summed E-state index contributed by atoms with van der Waals surface area (Å²) in [5.41, 5.74) is 3.73.